The van der Waals surface area contributed by atoms with Crippen molar-refractivity contribution >= 4 is 17.4 Å². The third kappa shape index (κ3) is 4.21. The van der Waals surface area contributed by atoms with Gasteiger partial charge < -0.3 is 19.9 Å². The maximum atomic E-state index is 14.4. The molecule has 1 unspecified atom stereocenters. The molecule has 138 valence electrons. The number of hydrogen-bond donors (Lipinski definition) is 1. The predicted molar refractivity (Wildman–Crippen MR) is 93.0 cm³/mol. The van der Waals surface area contributed by atoms with E-state index in [1.807, 2.05) is 6.92 Å². The van der Waals surface area contributed by atoms with Crippen molar-refractivity contribution in [1.29, 1.82) is 0 Å². The number of hydrogen-bond acceptors (Lipinski definition) is 3. The molecule has 0 spiro atoms. The van der Waals surface area contributed by atoms with Gasteiger partial charge in [-0.05, 0) is 44.7 Å². The van der Waals surface area contributed by atoms with Crippen molar-refractivity contribution in [3.05, 3.63) is 23.8 Å². The largest absolute Gasteiger partial charge is 0.377 e. The lowest BCUT2D eigenvalue weighted by Gasteiger charge is -2.32. The summed E-state index contributed by atoms with van der Waals surface area (Å²) in [4.78, 5) is 15.7. The van der Waals surface area contributed by atoms with E-state index < -0.39 is 11.6 Å². The quantitative estimate of drug-likeness (QED) is 0.900. The van der Waals surface area contributed by atoms with Crippen molar-refractivity contribution in [2.75, 3.05) is 43.0 Å². The van der Waals surface area contributed by atoms with E-state index in [1.165, 1.54) is 12.1 Å². The molecule has 7 heteroatoms. The molecule has 2 aliphatic heterocycles. The van der Waals surface area contributed by atoms with E-state index >= 15 is 0 Å². The van der Waals surface area contributed by atoms with Gasteiger partial charge in [-0.25, -0.2) is 13.6 Å². The summed E-state index contributed by atoms with van der Waals surface area (Å²) in [5.74, 6) is -1.27. The number of piperidine rings is 1. The smallest absolute Gasteiger partial charge is 0.321 e. The molecular formula is C18H25F2N3O2. The number of likely N-dealkylation sites (tertiary alicyclic amines) is 1. The molecule has 1 N–H and O–H groups in total. The molecule has 1 atom stereocenters. The molecule has 25 heavy (non-hydrogen) atoms. The van der Waals surface area contributed by atoms with E-state index in [0.29, 0.717) is 32.8 Å². The fourth-order valence-corrected chi connectivity index (χ4v) is 3.58. The highest BCUT2D eigenvalue weighted by Gasteiger charge is 2.25. The Labute approximate surface area is 146 Å². The van der Waals surface area contributed by atoms with Crippen molar-refractivity contribution in [2.45, 2.75) is 38.7 Å². The molecule has 5 nitrogen and oxygen atoms in total. The molecule has 2 fully saturated rings. The molecule has 2 aliphatic rings. The Hall–Kier alpha value is -1.89. The van der Waals surface area contributed by atoms with Crippen LogP contribution < -0.4 is 10.2 Å². The van der Waals surface area contributed by atoms with Gasteiger partial charge in [-0.15, -0.1) is 0 Å². The highest BCUT2D eigenvalue weighted by atomic mass is 19.1. The van der Waals surface area contributed by atoms with E-state index in [1.54, 1.807) is 9.80 Å². The van der Waals surface area contributed by atoms with Gasteiger partial charge in [0.15, 0.2) is 11.6 Å². The first-order chi connectivity index (χ1) is 12.1. The molecule has 3 rings (SSSR count). The fraction of sp³-hybridized carbons (Fsp3) is 0.611. The van der Waals surface area contributed by atoms with Crippen LogP contribution in [-0.4, -0.2) is 49.8 Å². The second kappa shape index (κ2) is 7.99. The third-order valence-corrected chi connectivity index (χ3v) is 4.76. The highest BCUT2D eigenvalue weighted by molar-refractivity contribution is 5.89. The number of nitrogens with one attached hydrogen (secondary N) is 1. The van der Waals surface area contributed by atoms with Crippen LogP contribution in [0.5, 0.6) is 0 Å². The molecule has 1 aromatic carbocycles. The number of rotatable bonds is 4. The molecule has 0 aliphatic carbocycles. The first-order valence-electron chi connectivity index (χ1n) is 9.00. The lowest BCUT2D eigenvalue weighted by atomic mass is 10.1. The number of nitrogens with zero attached hydrogens (tertiary/aromatic N) is 2. The SMILES string of the molecule is CCOC1CCCN(C(=O)Nc2cc(F)c(N3CCCC3)c(F)c2)C1. The molecule has 2 heterocycles. The minimum Gasteiger partial charge on any atom is -0.377 e. The number of benzene rings is 1. The van der Waals surface area contributed by atoms with Crippen LogP contribution in [0.15, 0.2) is 12.1 Å². The number of halogens is 2. The topological polar surface area (TPSA) is 44.8 Å². The molecule has 0 radical (unpaired) electrons. The van der Waals surface area contributed by atoms with Crippen LogP contribution in [0.2, 0.25) is 0 Å². The monoisotopic (exact) mass is 353 g/mol. The second-order valence-corrected chi connectivity index (χ2v) is 6.58. The number of ether oxygens (including phenoxy) is 1. The van der Waals surface area contributed by atoms with Gasteiger partial charge in [0.05, 0.1) is 6.10 Å². The number of carbonyl (C=O) groups excluding carboxylic acids is 1. The van der Waals surface area contributed by atoms with Crippen LogP contribution in [0.1, 0.15) is 32.6 Å². The van der Waals surface area contributed by atoms with Crippen LogP contribution in [-0.2, 0) is 4.74 Å². The summed E-state index contributed by atoms with van der Waals surface area (Å²) in [7, 11) is 0. The zero-order chi connectivity index (χ0) is 17.8. The van der Waals surface area contributed by atoms with Crippen LogP contribution in [0, 0.1) is 11.6 Å². The van der Waals surface area contributed by atoms with Gasteiger partial charge in [-0.3, -0.25) is 0 Å². The zero-order valence-electron chi connectivity index (χ0n) is 14.6. The van der Waals surface area contributed by atoms with Gasteiger partial charge >= 0.3 is 6.03 Å². The number of amides is 2. The summed E-state index contributed by atoms with van der Waals surface area (Å²) < 4.78 is 34.3. The van der Waals surface area contributed by atoms with E-state index in [4.69, 9.17) is 4.74 Å². The van der Waals surface area contributed by atoms with E-state index in [0.717, 1.165) is 25.7 Å². The number of urea groups is 1. The number of carbonyl (C=O) groups is 1. The van der Waals surface area contributed by atoms with Crippen LogP contribution in [0.25, 0.3) is 0 Å². The fourth-order valence-electron chi connectivity index (χ4n) is 3.58. The summed E-state index contributed by atoms with van der Waals surface area (Å²) in [5, 5.41) is 2.61. The average Bonchev–Trinajstić information content (AvgIpc) is 3.09. The molecule has 2 amide bonds. The first-order valence-corrected chi connectivity index (χ1v) is 9.00. The Morgan fingerprint density at radius 2 is 1.88 bits per heavy atom. The Morgan fingerprint density at radius 1 is 1.20 bits per heavy atom. The van der Waals surface area contributed by atoms with Gasteiger partial charge in [0, 0.05) is 38.5 Å². The summed E-state index contributed by atoms with van der Waals surface area (Å²) in [6, 6.07) is 2.04. The van der Waals surface area contributed by atoms with E-state index in [2.05, 4.69) is 5.32 Å². The third-order valence-electron chi connectivity index (χ3n) is 4.76. The maximum absolute atomic E-state index is 14.4. The Kier molecular flexibility index (Phi) is 5.73. The van der Waals surface area contributed by atoms with Crippen molar-refractivity contribution in [1.82, 2.24) is 4.90 Å². The predicted octanol–water partition coefficient (Wildman–Crippen LogP) is 3.60. The maximum Gasteiger partial charge on any atom is 0.321 e. The van der Waals surface area contributed by atoms with Crippen molar-refractivity contribution in [3.8, 4) is 0 Å². The lowest BCUT2D eigenvalue weighted by molar-refractivity contribution is 0.0181. The molecule has 1 aromatic rings. The zero-order valence-corrected chi connectivity index (χ0v) is 14.6. The summed E-state index contributed by atoms with van der Waals surface area (Å²) >= 11 is 0. The molecule has 0 saturated carbocycles. The normalized spacial score (nSPS) is 20.8. The summed E-state index contributed by atoms with van der Waals surface area (Å²) in [6.45, 7) is 4.96. The lowest BCUT2D eigenvalue weighted by Crippen LogP contribution is -2.45. The number of anilines is 2. The van der Waals surface area contributed by atoms with Crippen LogP contribution in [0.3, 0.4) is 0 Å². The second-order valence-electron chi connectivity index (χ2n) is 6.58. The minimum atomic E-state index is -0.636. The van der Waals surface area contributed by atoms with E-state index in [-0.39, 0.29) is 23.5 Å². The Morgan fingerprint density at radius 3 is 2.52 bits per heavy atom. The Balaban J connectivity index is 1.67. The van der Waals surface area contributed by atoms with Gasteiger partial charge in [-0.2, -0.15) is 0 Å². The van der Waals surface area contributed by atoms with Crippen LogP contribution >= 0.6 is 0 Å². The van der Waals surface area contributed by atoms with Crippen molar-refractivity contribution < 1.29 is 18.3 Å². The van der Waals surface area contributed by atoms with Gasteiger partial charge in [0.2, 0.25) is 0 Å². The average molecular weight is 353 g/mol. The van der Waals surface area contributed by atoms with Crippen molar-refractivity contribution in [2.24, 2.45) is 0 Å². The van der Waals surface area contributed by atoms with Crippen molar-refractivity contribution in [3.63, 3.8) is 0 Å². The molecule has 0 aromatic heterocycles. The van der Waals surface area contributed by atoms with Gasteiger partial charge in [-0.1, -0.05) is 0 Å². The standard InChI is InChI=1S/C18H25F2N3O2/c1-2-25-14-6-5-9-23(12-14)18(24)21-13-10-15(19)17(16(20)11-13)22-7-3-4-8-22/h10-11,14H,2-9,12H2,1H3,(H,21,24). The van der Waals surface area contributed by atoms with Crippen LogP contribution in [0.4, 0.5) is 25.0 Å². The van der Waals surface area contributed by atoms with Gasteiger partial charge in [0.25, 0.3) is 0 Å². The van der Waals surface area contributed by atoms with E-state index in [9.17, 15) is 13.6 Å². The first kappa shape index (κ1) is 17.9. The summed E-state index contributed by atoms with van der Waals surface area (Å²) in [6.07, 6.45) is 3.68. The Bertz CT molecular complexity index is 595. The molecular weight excluding hydrogens is 328 g/mol. The molecule has 2 saturated heterocycles. The van der Waals surface area contributed by atoms with Gasteiger partial charge in [0.1, 0.15) is 5.69 Å². The summed E-state index contributed by atoms with van der Waals surface area (Å²) in [5.41, 5.74) is 0.145. The highest BCUT2D eigenvalue weighted by Crippen LogP contribution is 2.30. The minimum absolute atomic E-state index is 0.00452. The molecule has 0 bridgehead atoms.